The summed E-state index contributed by atoms with van der Waals surface area (Å²) in [5, 5.41) is 14.2. The van der Waals surface area contributed by atoms with Crippen molar-refractivity contribution in [3.63, 3.8) is 0 Å². The average Bonchev–Trinajstić information content (AvgIpc) is 2.89. The fourth-order valence-electron chi connectivity index (χ4n) is 5.03. The Morgan fingerprint density at radius 3 is 2.74 bits per heavy atom. The lowest BCUT2D eigenvalue weighted by Crippen LogP contribution is -2.72. The third-order valence-corrected chi connectivity index (χ3v) is 6.33. The highest BCUT2D eigenvalue weighted by molar-refractivity contribution is 5.20. The van der Waals surface area contributed by atoms with Crippen molar-refractivity contribution in [3.8, 4) is 0 Å². The summed E-state index contributed by atoms with van der Waals surface area (Å²) in [6, 6.07) is 6.94. The molecule has 0 aromatic heterocycles. The standard InChI is InChI=1S/C19H26FNO2/c1-12(11-16(22)13-3-5-14(20)6-4-13)21-17-15-7-10-23-18(15)19(17)8-2-9-19/h3-6,12,15-18,21-22H,2,7-11H2,1H3. The zero-order valence-electron chi connectivity index (χ0n) is 13.7. The Morgan fingerprint density at radius 1 is 1.35 bits per heavy atom. The predicted octanol–water partition coefficient (Wildman–Crippen LogP) is 3.18. The van der Waals surface area contributed by atoms with E-state index in [2.05, 4.69) is 12.2 Å². The normalized spacial score (nSPS) is 33.6. The average molecular weight is 319 g/mol. The molecule has 5 unspecified atom stereocenters. The zero-order chi connectivity index (χ0) is 16.0. The van der Waals surface area contributed by atoms with Crippen LogP contribution in [-0.4, -0.2) is 29.9 Å². The Kier molecular flexibility index (Phi) is 3.94. The molecule has 2 N–H and O–H groups in total. The molecule has 0 amide bonds. The van der Waals surface area contributed by atoms with Gasteiger partial charge in [-0.3, -0.25) is 0 Å². The molecule has 4 heteroatoms. The fraction of sp³-hybridized carbons (Fsp3) is 0.684. The number of hydrogen-bond donors (Lipinski definition) is 2. The van der Waals surface area contributed by atoms with Gasteiger partial charge in [-0.2, -0.15) is 0 Å². The fourth-order valence-corrected chi connectivity index (χ4v) is 5.03. The highest BCUT2D eigenvalue weighted by atomic mass is 19.1. The third-order valence-electron chi connectivity index (χ3n) is 6.33. The van der Waals surface area contributed by atoms with E-state index in [1.54, 1.807) is 12.1 Å². The Morgan fingerprint density at radius 2 is 2.09 bits per heavy atom. The predicted molar refractivity (Wildman–Crippen MR) is 86.5 cm³/mol. The Balaban J connectivity index is 1.36. The SMILES string of the molecule is CC(CC(O)c1ccc(F)cc1)NC1C2CCOC2C12CCC2. The molecule has 1 spiro atoms. The summed E-state index contributed by atoms with van der Waals surface area (Å²) >= 11 is 0. The molecule has 5 atom stereocenters. The van der Waals surface area contributed by atoms with E-state index >= 15 is 0 Å². The van der Waals surface area contributed by atoms with Crippen molar-refractivity contribution in [3.05, 3.63) is 35.6 Å². The molecule has 1 aromatic carbocycles. The molecule has 1 saturated heterocycles. The largest absolute Gasteiger partial charge is 0.388 e. The van der Waals surface area contributed by atoms with Gasteiger partial charge in [0.2, 0.25) is 0 Å². The smallest absolute Gasteiger partial charge is 0.123 e. The molecule has 2 aliphatic carbocycles. The number of halogens is 1. The van der Waals surface area contributed by atoms with E-state index in [0.717, 1.165) is 18.6 Å². The number of aliphatic hydroxyl groups excluding tert-OH is 1. The highest BCUT2D eigenvalue weighted by Crippen LogP contribution is 2.62. The van der Waals surface area contributed by atoms with E-state index in [4.69, 9.17) is 4.74 Å². The van der Waals surface area contributed by atoms with E-state index in [9.17, 15) is 9.50 Å². The van der Waals surface area contributed by atoms with E-state index in [1.165, 1.54) is 31.4 Å². The molecule has 3 aliphatic rings. The lowest BCUT2D eigenvalue weighted by Gasteiger charge is -2.64. The molecular weight excluding hydrogens is 293 g/mol. The van der Waals surface area contributed by atoms with Gasteiger partial charge in [0.25, 0.3) is 0 Å². The second kappa shape index (κ2) is 5.83. The van der Waals surface area contributed by atoms with Gasteiger partial charge in [0.1, 0.15) is 5.82 Å². The van der Waals surface area contributed by atoms with Crippen LogP contribution >= 0.6 is 0 Å². The molecule has 23 heavy (non-hydrogen) atoms. The van der Waals surface area contributed by atoms with E-state index in [0.29, 0.717) is 29.9 Å². The molecule has 2 saturated carbocycles. The molecule has 4 rings (SSSR count). The van der Waals surface area contributed by atoms with Crippen molar-refractivity contribution in [1.29, 1.82) is 0 Å². The highest BCUT2D eigenvalue weighted by Gasteiger charge is 2.66. The number of fused-ring (bicyclic) bond motifs is 2. The molecule has 1 heterocycles. The molecule has 3 fully saturated rings. The van der Waals surface area contributed by atoms with Crippen molar-refractivity contribution >= 4 is 0 Å². The number of ether oxygens (including phenoxy) is 1. The topological polar surface area (TPSA) is 41.5 Å². The summed E-state index contributed by atoms with van der Waals surface area (Å²) in [7, 11) is 0. The minimum Gasteiger partial charge on any atom is -0.388 e. The number of aliphatic hydroxyl groups is 1. The zero-order valence-corrected chi connectivity index (χ0v) is 13.7. The monoisotopic (exact) mass is 319 g/mol. The molecule has 0 radical (unpaired) electrons. The van der Waals surface area contributed by atoms with Crippen LogP contribution in [0.25, 0.3) is 0 Å². The minimum atomic E-state index is -0.550. The second-order valence-corrected chi connectivity index (χ2v) is 7.68. The van der Waals surface area contributed by atoms with Crippen LogP contribution in [0, 0.1) is 17.2 Å². The molecular formula is C19H26FNO2. The molecule has 0 bridgehead atoms. The van der Waals surface area contributed by atoms with Crippen LogP contribution in [0.1, 0.15) is 50.7 Å². The maximum Gasteiger partial charge on any atom is 0.123 e. The summed E-state index contributed by atoms with van der Waals surface area (Å²) in [6.07, 6.45) is 5.61. The Hall–Kier alpha value is -0.970. The summed E-state index contributed by atoms with van der Waals surface area (Å²) < 4.78 is 18.9. The van der Waals surface area contributed by atoms with Gasteiger partial charge in [-0.1, -0.05) is 18.6 Å². The Labute approximate surface area is 137 Å². The van der Waals surface area contributed by atoms with Gasteiger partial charge < -0.3 is 15.2 Å². The van der Waals surface area contributed by atoms with Crippen LogP contribution in [0.2, 0.25) is 0 Å². The van der Waals surface area contributed by atoms with Gasteiger partial charge in [-0.05, 0) is 50.3 Å². The minimum absolute atomic E-state index is 0.235. The number of hydrogen-bond acceptors (Lipinski definition) is 3. The molecule has 1 aliphatic heterocycles. The lowest BCUT2D eigenvalue weighted by atomic mass is 9.46. The van der Waals surface area contributed by atoms with Crippen LogP contribution in [0.4, 0.5) is 4.39 Å². The van der Waals surface area contributed by atoms with E-state index < -0.39 is 6.10 Å². The van der Waals surface area contributed by atoms with Crippen LogP contribution in [-0.2, 0) is 4.74 Å². The summed E-state index contributed by atoms with van der Waals surface area (Å²) in [6.45, 7) is 3.05. The first-order valence-corrected chi connectivity index (χ1v) is 8.91. The van der Waals surface area contributed by atoms with Gasteiger partial charge in [-0.15, -0.1) is 0 Å². The first kappa shape index (κ1) is 15.6. The quantitative estimate of drug-likeness (QED) is 0.876. The van der Waals surface area contributed by atoms with E-state index in [-0.39, 0.29) is 11.9 Å². The first-order chi connectivity index (χ1) is 11.1. The van der Waals surface area contributed by atoms with Crippen LogP contribution < -0.4 is 5.32 Å². The van der Waals surface area contributed by atoms with Crippen molar-refractivity contribution in [2.45, 2.75) is 63.3 Å². The van der Waals surface area contributed by atoms with Crippen LogP contribution in [0.5, 0.6) is 0 Å². The second-order valence-electron chi connectivity index (χ2n) is 7.68. The van der Waals surface area contributed by atoms with Gasteiger partial charge in [0, 0.05) is 30.0 Å². The molecule has 3 nitrogen and oxygen atoms in total. The first-order valence-electron chi connectivity index (χ1n) is 8.91. The summed E-state index contributed by atoms with van der Waals surface area (Å²) in [5.74, 6) is 0.390. The van der Waals surface area contributed by atoms with Crippen molar-refractivity contribution < 1.29 is 14.2 Å². The van der Waals surface area contributed by atoms with Crippen molar-refractivity contribution in [2.75, 3.05) is 6.61 Å². The maximum atomic E-state index is 13.0. The molecule has 126 valence electrons. The number of nitrogens with one attached hydrogen (secondary N) is 1. The van der Waals surface area contributed by atoms with Gasteiger partial charge in [0.15, 0.2) is 0 Å². The van der Waals surface area contributed by atoms with Crippen molar-refractivity contribution in [1.82, 2.24) is 5.32 Å². The van der Waals surface area contributed by atoms with E-state index in [1.807, 2.05) is 0 Å². The van der Waals surface area contributed by atoms with Gasteiger partial charge in [0.05, 0.1) is 12.2 Å². The van der Waals surface area contributed by atoms with Gasteiger partial charge in [-0.25, -0.2) is 4.39 Å². The number of benzene rings is 1. The van der Waals surface area contributed by atoms with Crippen LogP contribution in [0.3, 0.4) is 0 Å². The van der Waals surface area contributed by atoms with Crippen LogP contribution in [0.15, 0.2) is 24.3 Å². The summed E-state index contributed by atoms with van der Waals surface area (Å²) in [4.78, 5) is 0. The lowest BCUT2D eigenvalue weighted by molar-refractivity contribution is -0.178. The third kappa shape index (κ3) is 2.51. The molecule has 1 aromatic rings. The van der Waals surface area contributed by atoms with Gasteiger partial charge >= 0.3 is 0 Å². The summed E-state index contributed by atoms with van der Waals surface area (Å²) in [5.41, 5.74) is 1.16. The number of rotatable bonds is 5. The van der Waals surface area contributed by atoms with Crippen molar-refractivity contribution in [2.24, 2.45) is 11.3 Å². The Bertz CT molecular complexity index is 557. The maximum absolute atomic E-state index is 13.0.